The molecule has 1 aromatic rings. The molecule has 0 aromatic carbocycles. The van der Waals surface area contributed by atoms with Crippen molar-refractivity contribution >= 4 is 22.6 Å². The van der Waals surface area contributed by atoms with Crippen LogP contribution in [-0.2, 0) is 4.74 Å². The van der Waals surface area contributed by atoms with Crippen LogP contribution in [0.25, 0.3) is 0 Å². The van der Waals surface area contributed by atoms with Crippen LogP contribution in [0.15, 0.2) is 15.8 Å². The molecular weight excluding hydrogens is 375 g/mol. The van der Waals surface area contributed by atoms with Gasteiger partial charge in [-0.3, -0.25) is 9.78 Å². The number of aromatic amines is 1. The summed E-state index contributed by atoms with van der Waals surface area (Å²) in [5.41, 5.74) is -1.41. The van der Waals surface area contributed by atoms with E-state index in [1.54, 1.807) is 22.6 Å². The average molecular weight is 386 g/mol. The summed E-state index contributed by atoms with van der Waals surface area (Å²) >= 11 is 1.70. The van der Waals surface area contributed by atoms with E-state index in [0.29, 0.717) is 4.73 Å². The summed E-state index contributed by atoms with van der Waals surface area (Å²) in [6.45, 7) is -0.504. The van der Waals surface area contributed by atoms with Crippen molar-refractivity contribution < 1.29 is 24.9 Å². The van der Waals surface area contributed by atoms with E-state index >= 15 is 0 Å². The SMILES string of the molecule is O=c1[nH]c(=O)n(O[C@H]2O[C@H](CO)[C@@H](O)[C@@H]2O)cc1I. The number of aliphatic hydroxyl groups is 3. The first-order valence-corrected chi connectivity index (χ1v) is 6.33. The highest BCUT2D eigenvalue weighted by atomic mass is 127. The number of halogens is 1. The molecule has 0 spiro atoms. The summed E-state index contributed by atoms with van der Waals surface area (Å²) in [7, 11) is 0. The molecule has 0 amide bonds. The van der Waals surface area contributed by atoms with Gasteiger partial charge in [0.1, 0.15) is 18.3 Å². The number of nitrogens with zero attached hydrogens (tertiary/aromatic N) is 1. The van der Waals surface area contributed by atoms with Crippen LogP contribution in [0.1, 0.15) is 0 Å². The fourth-order valence-electron chi connectivity index (χ4n) is 1.57. The van der Waals surface area contributed by atoms with Crippen LogP contribution < -0.4 is 16.1 Å². The van der Waals surface area contributed by atoms with Crippen molar-refractivity contribution in [2.75, 3.05) is 6.61 Å². The molecule has 1 saturated heterocycles. The Labute approximate surface area is 119 Å². The van der Waals surface area contributed by atoms with Crippen LogP contribution in [0.2, 0.25) is 0 Å². The summed E-state index contributed by atoms with van der Waals surface area (Å²) in [5.74, 6) is 0. The minimum Gasteiger partial charge on any atom is -0.394 e. The van der Waals surface area contributed by atoms with Gasteiger partial charge in [0.15, 0.2) is 0 Å². The lowest BCUT2D eigenvalue weighted by atomic mass is 10.1. The lowest BCUT2D eigenvalue weighted by Gasteiger charge is -2.16. The Hall–Kier alpha value is -0.950. The molecule has 1 fully saturated rings. The molecule has 9 nitrogen and oxygen atoms in total. The van der Waals surface area contributed by atoms with Gasteiger partial charge in [0.05, 0.1) is 16.4 Å². The number of ether oxygens (including phenoxy) is 1. The van der Waals surface area contributed by atoms with Crippen LogP contribution in [0, 0.1) is 3.57 Å². The number of H-pyrrole nitrogens is 1. The van der Waals surface area contributed by atoms with E-state index in [1.165, 1.54) is 0 Å². The van der Waals surface area contributed by atoms with E-state index in [2.05, 4.69) is 0 Å². The summed E-state index contributed by atoms with van der Waals surface area (Å²) < 4.78 is 5.92. The van der Waals surface area contributed by atoms with Crippen LogP contribution in [0.3, 0.4) is 0 Å². The summed E-state index contributed by atoms with van der Waals surface area (Å²) in [6.07, 6.45) is -3.96. The largest absolute Gasteiger partial charge is 0.394 e. The van der Waals surface area contributed by atoms with Gasteiger partial charge in [0.2, 0.25) is 0 Å². The summed E-state index contributed by atoms with van der Waals surface area (Å²) in [6, 6.07) is 0. The van der Waals surface area contributed by atoms with E-state index in [1.807, 2.05) is 4.98 Å². The third-order valence-corrected chi connectivity index (χ3v) is 3.35. The number of hydrogen-bond acceptors (Lipinski definition) is 7. The standard InChI is InChI=1S/C9H11IN2O7/c10-3-1-12(9(17)11-7(3)16)19-8-6(15)5(14)4(2-13)18-8/h1,4-6,8,13-15H,2H2,(H,11,16,17)/t4-,5-,6+,8-/m1/s1. The second-order valence-corrected chi connectivity index (χ2v) is 5.04. The zero-order chi connectivity index (χ0) is 14.2. The first-order chi connectivity index (χ1) is 8.93. The normalized spacial score (nSPS) is 30.5. The Balaban J connectivity index is 2.21. The number of aromatic nitrogens is 2. The molecule has 19 heavy (non-hydrogen) atoms. The molecule has 0 unspecified atom stereocenters. The van der Waals surface area contributed by atoms with Crippen LogP contribution in [0.5, 0.6) is 0 Å². The van der Waals surface area contributed by atoms with Gasteiger partial charge >= 0.3 is 5.69 Å². The topological polar surface area (TPSA) is 134 Å². The van der Waals surface area contributed by atoms with E-state index in [0.717, 1.165) is 6.20 Å². The molecule has 0 bridgehead atoms. The van der Waals surface area contributed by atoms with Gasteiger partial charge in [-0.05, 0) is 22.6 Å². The second-order valence-electron chi connectivity index (χ2n) is 3.87. The van der Waals surface area contributed by atoms with Gasteiger partial charge in [-0.1, -0.05) is 0 Å². The molecule has 2 rings (SSSR count). The molecule has 0 saturated carbocycles. The molecule has 106 valence electrons. The molecule has 1 aliphatic heterocycles. The predicted octanol–water partition coefficient (Wildman–Crippen LogP) is -2.99. The quantitative estimate of drug-likeness (QED) is 0.407. The van der Waals surface area contributed by atoms with Crippen molar-refractivity contribution in [1.82, 2.24) is 9.71 Å². The Morgan fingerprint density at radius 2 is 2.11 bits per heavy atom. The number of aliphatic hydroxyl groups excluding tert-OH is 3. The summed E-state index contributed by atoms with van der Waals surface area (Å²) in [5, 5.41) is 28.1. The zero-order valence-electron chi connectivity index (χ0n) is 9.39. The van der Waals surface area contributed by atoms with E-state index in [-0.39, 0.29) is 3.57 Å². The maximum absolute atomic E-state index is 11.4. The van der Waals surface area contributed by atoms with Crippen molar-refractivity contribution in [3.63, 3.8) is 0 Å². The Morgan fingerprint density at radius 3 is 2.68 bits per heavy atom. The van der Waals surface area contributed by atoms with Crippen LogP contribution >= 0.6 is 22.6 Å². The zero-order valence-corrected chi connectivity index (χ0v) is 11.6. The molecule has 1 aromatic heterocycles. The average Bonchev–Trinajstić information content (AvgIpc) is 2.63. The van der Waals surface area contributed by atoms with Gasteiger partial charge in [0, 0.05) is 0 Å². The van der Waals surface area contributed by atoms with Gasteiger partial charge in [-0.25, -0.2) is 4.79 Å². The summed E-state index contributed by atoms with van der Waals surface area (Å²) in [4.78, 5) is 29.7. The van der Waals surface area contributed by atoms with Crippen LogP contribution in [-0.4, -0.2) is 56.2 Å². The highest BCUT2D eigenvalue weighted by Crippen LogP contribution is 2.20. The van der Waals surface area contributed by atoms with E-state index in [4.69, 9.17) is 14.7 Å². The molecule has 4 atom stereocenters. The molecule has 4 N–H and O–H groups in total. The number of nitrogens with one attached hydrogen (secondary N) is 1. The molecule has 1 aliphatic rings. The molecule has 2 heterocycles. The van der Waals surface area contributed by atoms with Crippen molar-refractivity contribution in [2.24, 2.45) is 0 Å². The maximum Gasteiger partial charge on any atom is 0.361 e. The second kappa shape index (κ2) is 5.58. The van der Waals surface area contributed by atoms with Gasteiger partial charge < -0.3 is 24.9 Å². The monoisotopic (exact) mass is 386 g/mol. The minimum absolute atomic E-state index is 0.198. The van der Waals surface area contributed by atoms with Crippen molar-refractivity contribution in [1.29, 1.82) is 0 Å². The highest BCUT2D eigenvalue weighted by Gasteiger charge is 2.44. The Bertz CT molecular complexity index is 570. The highest BCUT2D eigenvalue weighted by molar-refractivity contribution is 14.1. The minimum atomic E-state index is -1.42. The van der Waals surface area contributed by atoms with Crippen LogP contribution in [0.4, 0.5) is 0 Å². The Morgan fingerprint density at radius 1 is 1.42 bits per heavy atom. The lowest BCUT2D eigenvalue weighted by molar-refractivity contribution is -0.174. The molecule has 10 heteroatoms. The van der Waals surface area contributed by atoms with Gasteiger partial charge in [0.25, 0.3) is 11.8 Å². The molecular formula is C9H11IN2O7. The number of hydrogen-bond donors (Lipinski definition) is 4. The lowest BCUT2D eigenvalue weighted by Crippen LogP contribution is -2.43. The smallest absolute Gasteiger partial charge is 0.361 e. The first kappa shape index (κ1) is 14.5. The molecule has 0 radical (unpaired) electrons. The fraction of sp³-hybridized carbons (Fsp3) is 0.556. The maximum atomic E-state index is 11.4. The first-order valence-electron chi connectivity index (χ1n) is 5.25. The van der Waals surface area contributed by atoms with Crippen molar-refractivity contribution in [2.45, 2.75) is 24.6 Å². The van der Waals surface area contributed by atoms with Crippen molar-refractivity contribution in [3.8, 4) is 0 Å². The predicted molar refractivity (Wildman–Crippen MR) is 68.4 cm³/mol. The van der Waals surface area contributed by atoms with Crippen molar-refractivity contribution in [3.05, 3.63) is 30.6 Å². The van der Waals surface area contributed by atoms with Gasteiger partial charge in [-0.15, -0.1) is 4.73 Å². The van der Waals surface area contributed by atoms with E-state index < -0.39 is 42.5 Å². The van der Waals surface area contributed by atoms with E-state index in [9.17, 15) is 19.8 Å². The Kier molecular flexibility index (Phi) is 4.25. The molecule has 0 aliphatic carbocycles. The third-order valence-electron chi connectivity index (χ3n) is 2.58. The van der Waals surface area contributed by atoms with Gasteiger partial charge in [-0.2, -0.15) is 0 Å². The fourth-order valence-corrected chi connectivity index (χ4v) is 1.96. The third kappa shape index (κ3) is 2.81. The number of rotatable bonds is 3.